The standard InChI is InChI=1S/C18H16N2O2/c1-13-4-2-5-16(20-13)12-19-18(21)15-9-7-14(8-10-15)17-6-3-11-22-17/h2-11H,12H2,1H3,(H,19,21). The highest BCUT2D eigenvalue weighted by Crippen LogP contribution is 2.19. The van der Waals surface area contributed by atoms with Crippen molar-refractivity contribution in [3.8, 4) is 11.3 Å². The highest BCUT2D eigenvalue weighted by Gasteiger charge is 2.07. The third-order valence-electron chi connectivity index (χ3n) is 3.33. The highest BCUT2D eigenvalue weighted by molar-refractivity contribution is 5.94. The number of benzene rings is 1. The zero-order chi connectivity index (χ0) is 15.4. The average Bonchev–Trinajstić information content (AvgIpc) is 3.07. The molecule has 1 aromatic carbocycles. The molecule has 0 radical (unpaired) electrons. The first-order chi connectivity index (χ1) is 10.7. The summed E-state index contributed by atoms with van der Waals surface area (Å²) in [5.74, 6) is 0.671. The zero-order valence-corrected chi connectivity index (χ0v) is 12.2. The fourth-order valence-electron chi connectivity index (χ4n) is 2.20. The van der Waals surface area contributed by atoms with E-state index >= 15 is 0 Å². The predicted octanol–water partition coefficient (Wildman–Crippen LogP) is 3.58. The van der Waals surface area contributed by atoms with Crippen molar-refractivity contribution in [3.63, 3.8) is 0 Å². The second kappa shape index (κ2) is 6.26. The lowest BCUT2D eigenvalue weighted by molar-refractivity contribution is 0.0950. The van der Waals surface area contributed by atoms with Gasteiger partial charge in [0.1, 0.15) is 5.76 Å². The molecule has 0 atom stereocenters. The summed E-state index contributed by atoms with van der Waals surface area (Å²) in [6, 6.07) is 16.8. The van der Waals surface area contributed by atoms with Crippen molar-refractivity contribution in [1.29, 1.82) is 0 Å². The molecule has 2 heterocycles. The number of hydrogen-bond acceptors (Lipinski definition) is 3. The van der Waals surface area contributed by atoms with Crippen molar-refractivity contribution < 1.29 is 9.21 Å². The predicted molar refractivity (Wildman–Crippen MR) is 84.3 cm³/mol. The molecule has 0 aliphatic carbocycles. The highest BCUT2D eigenvalue weighted by atomic mass is 16.3. The first kappa shape index (κ1) is 14.1. The summed E-state index contributed by atoms with van der Waals surface area (Å²) >= 11 is 0. The van der Waals surface area contributed by atoms with E-state index in [2.05, 4.69) is 10.3 Å². The Balaban J connectivity index is 1.65. The van der Waals surface area contributed by atoms with Gasteiger partial charge in [-0.1, -0.05) is 18.2 Å². The number of carbonyl (C=O) groups excluding carboxylic acids is 1. The maximum atomic E-state index is 12.1. The van der Waals surface area contributed by atoms with E-state index in [0.29, 0.717) is 12.1 Å². The van der Waals surface area contributed by atoms with Gasteiger partial charge in [-0.15, -0.1) is 0 Å². The molecule has 110 valence electrons. The summed E-state index contributed by atoms with van der Waals surface area (Å²) in [6.07, 6.45) is 1.63. The molecule has 0 unspecified atom stereocenters. The molecule has 22 heavy (non-hydrogen) atoms. The van der Waals surface area contributed by atoms with E-state index in [0.717, 1.165) is 22.7 Å². The van der Waals surface area contributed by atoms with Crippen LogP contribution in [0.2, 0.25) is 0 Å². The third-order valence-corrected chi connectivity index (χ3v) is 3.33. The van der Waals surface area contributed by atoms with Gasteiger partial charge in [-0.2, -0.15) is 0 Å². The summed E-state index contributed by atoms with van der Waals surface area (Å²) in [7, 11) is 0. The molecule has 0 saturated carbocycles. The van der Waals surface area contributed by atoms with Crippen molar-refractivity contribution in [2.24, 2.45) is 0 Å². The molecule has 0 spiro atoms. The second-order valence-corrected chi connectivity index (χ2v) is 5.01. The first-order valence-corrected chi connectivity index (χ1v) is 7.07. The van der Waals surface area contributed by atoms with Gasteiger partial charge in [0.05, 0.1) is 18.5 Å². The van der Waals surface area contributed by atoms with Gasteiger partial charge in [-0.25, -0.2) is 0 Å². The number of aromatic nitrogens is 1. The number of aryl methyl sites for hydroxylation is 1. The Labute approximate surface area is 128 Å². The largest absolute Gasteiger partial charge is 0.464 e. The van der Waals surface area contributed by atoms with Crippen LogP contribution in [0.3, 0.4) is 0 Å². The van der Waals surface area contributed by atoms with Gasteiger partial charge >= 0.3 is 0 Å². The van der Waals surface area contributed by atoms with E-state index in [-0.39, 0.29) is 5.91 Å². The van der Waals surface area contributed by atoms with Crippen molar-refractivity contribution in [2.45, 2.75) is 13.5 Å². The minimum Gasteiger partial charge on any atom is -0.464 e. The molecule has 4 heteroatoms. The van der Waals surface area contributed by atoms with Crippen LogP contribution in [-0.2, 0) is 6.54 Å². The molecular formula is C18H16N2O2. The normalized spacial score (nSPS) is 10.4. The first-order valence-electron chi connectivity index (χ1n) is 7.07. The molecule has 0 aliphatic rings. The van der Waals surface area contributed by atoms with Crippen molar-refractivity contribution in [2.75, 3.05) is 0 Å². The van der Waals surface area contributed by atoms with Crippen LogP contribution in [0.4, 0.5) is 0 Å². The maximum absolute atomic E-state index is 12.1. The molecule has 3 rings (SSSR count). The fourth-order valence-corrected chi connectivity index (χ4v) is 2.20. The molecule has 0 saturated heterocycles. The van der Waals surface area contributed by atoms with E-state index in [4.69, 9.17) is 4.42 Å². The van der Waals surface area contributed by atoms with Crippen LogP contribution < -0.4 is 5.32 Å². The van der Waals surface area contributed by atoms with Gasteiger partial charge in [0.2, 0.25) is 0 Å². The lowest BCUT2D eigenvalue weighted by Gasteiger charge is -2.06. The minimum absolute atomic E-state index is 0.116. The van der Waals surface area contributed by atoms with Crippen LogP contribution in [0, 0.1) is 6.92 Å². The number of rotatable bonds is 4. The zero-order valence-electron chi connectivity index (χ0n) is 12.2. The summed E-state index contributed by atoms with van der Waals surface area (Å²) in [6.45, 7) is 2.35. The Hall–Kier alpha value is -2.88. The topological polar surface area (TPSA) is 55.1 Å². The smallest absolute Gasteiger partial charge is 0.251 e. The number of carbonyl (C=O) groups is 1. The summed E-state index contributed by atoms with van der Waals surface area (Å²) in [4.78, 5) is 16.5. The molecule has 1 amide bonds. The lowest BCUT2D eigenvalue weighted by Crippen LogP contribution is -2.23. The van der Waals surface area contributed by atoms with Crippen LogP contribution in [0.15, 0.2) is 65.3 Å². The Morgan fingerprint density at radius 2 is 1.91 bits per heavy atom. The van der Waals surface area contributed by atoms with Gasteiger partial charge in [-0.05, 0) is 43.3 Å². The SMILES string of the molecule is Cc1cccc(CNC(=O)c2ccc(-c3ccco3)cc2)n1. The number of nitrogens with zero attached hydrogens (tertiary/aromatic N) is 1. The van der Waals surface area contributed by atoms with Gasteiger partial charge in [-0.3, -0.25) is 9.78 Å². The van der Waals surface area contributed by atoms with Crippen LogP contribution in [-0.4, -0.2) is 10.9 Å². The Morgan fingerprint density at radius 3 is 2.59 bits per heavy atom. The van der Waals surface area contributed by atoms with E-state index < -0.39 is 0 Å². The van der Waals surface area contributed by atoms with Crippen LogP contribution in [0.1, 0.15) is 21.7 Å². The molecule has 1 N–H and O–H groups in total. The van der Waals surface area contributed by atoms with E-state index in [1.807, 2.05) is 49.4 Å². The molecule has 0 aliphatic heterocycles. The summed E-state index contributed by atoms with van der Waals surface area (Å²) < 4.78 is 5.33. The summed E-state index contributed by atoms with van der Waals surface area (Å²) in [5.41, 5.74) is 3.35. The van der Waals surface area contributed by atoms with Gasteiger partial charge < -0.3 is 9.73 Å². The molecule has 4 nitrogen and oxygen atoms in total. The Bertz CT molecular complexity index is 762. The van der Waals surface area contributed by atoms with Gasteiger partial charge in [0, 0.05) is 16.8 Å². The maximum Gasteiger partial charge on any atom is 0.251 e. The quantitative estimate of drug-likeness (QED) is 0.799. The Kier molecular flexibility index (Phi) is 4.01. The van der Waals surface area contributed by atoms with Crippen molar-refractivity contribution >= 4 is 5.91 Å². The number of nitrogens with one attached hydrogen (secondary N) is 1. The van der Waals surface area contributed by atoms with Gasteiger partial charge in [0.25, 0.3) is 5.91 Å². The van der Waals surface area contributed by atoms with Crippen LogP contribution in [0.25, 0.3) is 11.3 Å². The lowest BCUT2D eigenvalue weighted by atomic mass is 10.1. The van der Waals surface area contributed by atoms with Crippen LogP contribution >= 0.6 is 0 Å². The minimum atomic E-state index is -0.116. The molecule has 2 aromatic heterocycles. The van der Waals surface area contributed by atoms with Crippen molar-refractivity contribution in [1.82, 2.24) is 10.3 Å². The molecule has 0 fully saturated rings. The number of hydrogen-bond donors (Lipinski definition) is 1. The molecule has 3 aromatic rings. The molecule has 0 bridgehead atoms. The van der Waals surface area contributed by atoms with E-state index in [9.17, 15) is 4.79 Å². The summed E-state index contributed by atoms with van der Waals surface area (Å²) in [5, 5.41) is 2.87. The Morgan fingerprint density at radius 1 is 1.09 bits per heavy atom. The van der Waals surface area contributed by atoms with Crippen LogP contribution in [0.5, 0.6) is 0 Å². The molecular weight excluding hydrogens is 276 g/mol. The monoisotopic (exact) mass is 292 g/mol. The fraction of sp³-hybridized carbons (Fsp3) is 0.111. The van der Waals surface area contributed by atoms with Crippen molar-refractivity contribution in [3.05, 3.63) is 77.8 Å². The average molecular weight is 292 g/mol. The van der Waals surface area contributed by atoms with E-state index in [1.165, 1.54) is 0 Å². The third kappa shape index (κ3) is 3.23. The second-order valence-electron chi connectivity index (χ2n) is 5.01. The number of amides is 1. The number of pyridine rings is 1. The van der Waals surface area contributed by atoms with E-state index in [1.54, 1.807) is 18.4 Å². The van der Waals surface area contributed by atoms with Gasteiger partial charge in [0.15, 0.2) is 0 Å². The number of furan rings is 1.